The molecule has 0 aliphatic rings. The number of esters is 1. The van der Waals surface area contributed by atoms with Gasteiger partial charge >= 0.3 is 11.6 Å². The fraction of sp³-hybridized carbons (Fsp3) is 0.333. The van der Waals surface area contributed by atoms with Gasteiger partial charge in [0.25, 0.3) is 0 Å². The zero-order valence-corrected chi connectivity index (χ0v) is 17.1. The minimum absolute atomic E-state index is 0.0442. The van der Waals surface area contributed by atoms with Crippen LogP contribution in [0.4, 0.5) is 0 Å². The second kappa shape index (κ2) is 8.75. The molecule has 1 N–H and O–H groups in total. The number of carbonyl (C=O) groups excluding carboxylic acids is 1. The number of hydrogen-bond donors (Lipinski definition) is 1. The van der Waals surface area contributed by atoms with Crippen LogP contribution in [0.3, 0.4) is 0 Å². The zero-order valence-electron chi connectivity index (χ0n) is 16.3. The predicted molar refractivity (Wildman–Crippen MR) is 111 cm³/mol. The molecule has 1 heterocycles. The van der Waals surface area contributed by atoms with Crippen molar-refractivity contribution >= 4 is 37.7 Å². The molecule has 0 unspecified atom stereocenters. The fourth-order valence-electron chi connectivity index (χ4n) is 3.12. The molecule has 7 nitrogen and oxygen atoms in total. The molecule has 0 fully saturated rings. The summed E-state index contributed by atoms with van der Waals surface area (Å²) in [6.07, 6.45) is 1.24. The number of carbonyl (C=O) groups is 1. The van der Waals surface area contributed by atoms with Crippen molar-refractivity contribution in [3.8, 4) is 0 Å². The van der Waals surface area contributed by atoms with Crippen molar-refractivity contribution in [1.82, 2.24) is 4.72 Å². The van der Waals surface area contributed by atoms with E-state index in [0.29, 0.717) is 23.0 Å². The first-order valence-electron chi connectivity index (χ1n) is 9.42. The van der Waals surface area contributed by atoms with Gasteiger partial charge in [0.05, 0.1) is 5.75 Å². The molecule has 0 saturated heterocycles. The first-order valence-corrected chi connectivity index (χ1v) is 11.1. The van der Waals surface area contributed by atoms with Crippen molar-refractivity contribution in [3.63, 3.8) is 0 Å². The van der Waals surface area contributed by atoms with Crippen LogP contribution in [0.2, 0.25) is 0 Å². The molecule has 0 saturated carbocycles. The van der Waals surface area contributed by atoms with Gasteiger partial charge in [-0.15, -0.1) is 0 Å². The van der Waals surface area contributed by atoms with E-state index in [-0.39, 0.29) is 12.4 Å². The molecule has 0 radical (unpaired) electrons. The number of hydrogen-bond acceptors (Lipinski definition) is 6. The Bertz CT molecular complexity index is 1200. The first-order chi connectivity index (χ1) is 13.8. The van der Waals surface area contributed by atoms with E-state index in [9.17, 15) is 18.0 Å². The third-order valence-electron chi connectivity index (χ3n) is 4.56. The lowest BCUT2D eigenvalue weighted by molar-refractivity contribution is -0.146. The number of fused-ring (bicyclic) bond motifs is 3. The highest BCUT2D eigenvalue weighted by Gasteiger charge is 2.21. The molecule has 29 heavy (non-hydrogen) atoms. The van der Waals surface area contributed by atoms with Gasteiger partial charge in [0.2, 0.25) is 10.0 Å². The molecule has 0 bridgehead atoms. The van der Waals surface area contributed by atoms with Crippen LogP contribution in [0.15, 0.2) is 51.7 Å². The summed E-state index contributed by atoms with van der Waals surface area (Å²) >= 11 is 0. The Balaban J connectivity index is 1.82. The molecule has 0 spiro atoms. The van der Waals surface area contributed by atoms with Crippen molar-refractivity contribution in [2.75, 3.05) is 5.75 Å². The monoisotopic (exact) mass is 417 g/mol. The number of nitrogens with one attached hydrogen (secondary N) is 1. The molecule has 0 amide bonds. The fourth-order valence-corrected chi connectivity index (χ4v) is 4.54. The Morgan fingerprint density at radius 3 is 2.72 bits per heavy atom. The maximum atomic E-state index is 12.3. The van der Waals surface area contributed by atoms with Crippen molar-refractivity contribution in [3.05, 3.63) is 58.4 Å². The lowest BCUT2D eigenvalue weighted by Gasteiger charge is -2.14. The van der Waals surface area contributed by atoms with Gasteiger partial charge in [0, 0.05) is 17.0 Å². The summed E-state index contributed by atoms with van der Waals surface area (Å²) in [6, 6.07) is 11.4. The van der Waals surface area contributed by atoms with Crippen LogP contribution >= 0.6 is 0 Å². The molecular weight excluding hydrogens is 394 g/mol. The molecule has 1 aromatic heterocycles. The van der Waals surface area contributed by atoms with Gasteiger partial charge in [-0.25, -0.2) is 17.9 Å². The Kier molecular flexibility index (Phi) is 6.34. The van der Waals surface area contributed by atoms with Crippen molar-refractivity contribution < 1.29 is 22.4 Å². The van der Waals surface area contributed by atoms with Crippen LogP contribution in [-0.2, 0) is 26.2 Å². The lowest BCUT2D eigenvalue weighted by Crippen LogP contribution is -2.40. The normalized spacial score (nSPS) is 12.9. The Morgan fingerprint density at radius 1 is 1.21 bits per heavy atom. The van der Waals surface area contributed by atoms with Crippen LogP contribution in [0.25, 0.3) is 21.7 Å². The molecule has 3 rings (SSSR count). The Morgan fingerprint density at radius 2 is 1.97 bits per heavy atom. The number of sulfonamides is 1. The van der Waals surface area contributed by atoms with E-state index in [2.05, 4.69) is 4.72 Å². The third-order valence-corrected chi connectivity index (χ3v) is 6.10. The highest BCUT2D eigenvalue weighted by Crippen LogP contribution is 2.27. The summed E-state index contributed by atoms with van der Waals surface area (Å²) in [7, 11) is -3.56. The van der Waals surface area contributed by atoms with Gasteiger partial charge < -0.3 is 9.15 Å². The van der Waals surface area contributed by atoms with E-state index in [4.69, 9.17) is 9.15 Å². The topological polar surface area (TPSA) is 103 Å². The van der Waals surface area contributed by atoms with Crippen LogP contribution in [0, 0.1) is 0 Å². The van der Waals surface area contributed by atoms with E-state index in [1.165, 1.54) is 13.0 Å². The SMILES string of the molecule is CCCCS(=O)(=O)N[C@@H](C)C(=O)OCc1cc(=O)oc2ccc3ccccc3c12. The summed E-state index contributed by atoms with van der Waals surface area (Å²) in [5.41, 5.74) is 0.352. The second-order valence-corrected chi connectivity index (χ2v) is 8.74. The lowest BCUT2D eigenvalue weighted by atomic mass is 10.0. The van der Waals surface area contributed by atoms with Crippen LogP contribution < -0.4 is 10.3 Å². The number of benzene rings is 2. The molecule has 154 valence electrons. The molecule has 1 atom stereocenters. The zero-order chi connectivity index (χ0) is 21.0. The summed E-state index contributed by atoms with van der Waals surface area (Å²) < 4.78 is 36.9. The first kappa shape index (κ1) is 21.0. The number of rotatable bonds is 8. The minimum Gasteiger partial charge on any atom is -0.460 e. The largest absolute Gasteiger partial charge is 0.460 e. The van der Waals surface area contributed by atoms with Gasteiger partial charge in [0.15, 0.2) is 0 Å². The van der Waals surface area contributed by atoms with Gasteiger partial charge in [-0.2, -0.15) is 0 Å². The number of ether oxygens (including phenoxy) is 1. The molecule has 0 aliphatic carbocycles. The van der Waals surface area contributed by atoms with Crippen molar-refractivity contribution in [1.29, 1.82) is 0 Å². The predicted octanol–water partition coefficient (Wildman–Crippen LogP) is 3.10. The van der Waals surface area contributed by atoms with E-state index in [0.717, 1.165) is 17.2 Å². The molecule has 0 aliphatic heterocycles. The summed E-state index contributed by atoms with van der Waals surface area (Å²) in [6.45, 7) is 3.15. The molecule has 8 heteroatoms. The highest BCUT2D eigenvalue weighted by molar-refractivity contribution is 7.89. The van der Waals surface area contributed by atoms with Gasteiger partial charge in [-0.1, -0.05) is 43.7 Å². The van der Waals surface area contributed by atoms with Crippen LogP contribution in [-0.4, -0.2) is 26.2 Å². The van der Waals surface area contributed by atoms with E-state index in [1.54, 1.807) is 6.07 Å². The van der Waals surface area contributed by atoms with Crippen LogP contribution in [0.1, 0.15) is 32.3 Å². The smallest absolute Gasteiger partial charge is 0.336 e. The molecule has 3 aromatic rings. The van der Waals surface area contributed by atoms with Crippen molar-refractivity contribution in [2.45, 2.75) is 39.3 Å². The Hall–Kier alpha value is -2.71. The third kappa shape index (κ3) is 5.02. The average Bonchev–Trinajstić information content (AvgIpc) is 2.69. The standard InChI is InChI=1S/C21H23NO6S/c1-3-4-11-29(25,26)22-14(2)21(24)27-13-16-12-19(23)28-18-10-9-15-7-5-6-8-17(15)20(16)18/h5-10,12,14,22H,3-4,11,13H2,1-2H3/t14-/m0/s1. The number of unbranched alkanes of at least 4 members (excludes halogenated alkanes) is 1. The van der Waals surface area contributed by atoms with Crippen molar-refractivity contribution in [2.24, 2.45) is 0 Å². The quantitative estimate of drug-likeness (QED) is 0.343. The molecular formula is C21H23NO6S. The van der Waals surface area contributed by atoms with E-state index in [1.807, 2.05) is 37.3 Å². The van der Waals surface area contributed by atoms with E-state index >= 15 is 0 Å². The second-order valence-electron chi connectivity index (χ2n) is 6.87. The minimum atomic E-state index is -3.56. The van der Waals surface area contributed by atoms with Gasteiger partial charge in [0.1, 0.15) is 18.2 Å². The maximum Gasteiger partial charge on any atom is 0.336 e. The summed E-state index contributed by atoms with van der Waals surface area (Å²) in [5.74, 6) is -0.760. The Labute approximate surface area is 168 Å². The van der Waals surface area contributed by atoms with Crippen LogP contribution in [0.5, 0.6) is 0 Å². The molecule has 2 aromatic carbocycles. The van der Waals surface area contributed by atoms with Gasteiger partial charge in [-0.3, -0.25) is 4.79 Å². The summed E-state index contributed by atoms with van der Waals surface area (Å²) in [4.78, 5) is 24.2. The van der Waals surface area contributed by atoms with Gasteiger partial charge in [-0.05, 0) is 30.2 Å². The average molecular weight is 417 g/mol. The van der Waals surface area contributed by atoms with E-state index < -0.39 is 27.7 Å². The maximum absolute atomic E-state index is 12.3. The summed E-state index contributed by atoms with van der Waals surface area (Å²) in [5, 5.41) is 2.51. The highest BCUT2D eigenvalue weighted by atomic mass is 32.2.